The van der Waals surface area contributed by atoms with E-state index in [1.807, 2.05) is 30.3 Å². The average Bonchev–Trinajstić information content (AvgIpc) is 3.35. The van der Waals surface area contributed by atoms with Crippen LogP contribution in [0.4, 0.5) is 5.69 Å². The van der Waals surface area contributed by atoms with Crippen LogP contribution in [0.2, 0.25) is 0 Å². The van der Waals surface area contributed by atoms with Crippen molar-refractivity contribution in [1.29, 1.82) is 0 Å². The molecule has 1 aliphatic heterocycles. The van der Waals surface area contributed by atoms with Crippen molar-refractivity contribution in [3.63, 3.8) is 0 Å². The van der Waals surface area contributed by atoms with Crippen LogP contribution in [0, 0.1) is 0 Å². The van der Waals surface area contributed by atoms with E-state index in [1.54, 1.807) is 12.1 Å². The largest absolute Gasteiger partial charge is 0.478 e. The lowest BCUT2D eigenvalue weighted by molar-refractivity contribution is -0.136. The summed E-state index contributed by atoms with van der Waals surface area (Å²) in [5.74, 6) is -1.99. The van der Waals surface area contributed by atoms with Gasteiger partial charge in [0.25, 0.3) is 0 Å². The third-order valence-corrected chi connectivity index (χ3v) is 8.97. The summed E-state index contributed by atoms with van der Waals surface area (Å²) in [4.78, 5) is 39.9. The number of carbonyl (C=O) groups is 3. The highest BCUT2D eigenvalue weighted by atomic mass is 32.2. The van der Waals surface area contributed by atoms with E-state index in [0.717, 1.165) is 11.1 Å². The Hall–Kier alpha value is -3.67. The van der Waals surface area contributed by atoms with Crippen LogP contribution in [-0.2, 0) is 19.6 Å². The topological polar surface area (TPSA) is 115 Å². The van der Waals surface area contributed by atoms with Gasteiger partial charge in [-0.15, -0.1) is 0 Å². The molecule has 204 valence electrons. The second-order valence-corrected chi connectivity index (χ2v) is 12.0. The SMILES string of the molecule is CN(CC(=O)N(C)c1ccc(C(=O)O)cc1)C(=O)[C@@H]1C[C@@H](S)CN1S(=O)(=O)c1ccc(-c2ccccc2)cc1. The zero-order valence-electron chi connectivity index (χ0n) is 21.5. The van der Waals surface area contributed by atoms with Gasteiger partial charge in [0.15, 0.2) is 0 Å². The second kappa shape index (κ2) is 11.6. The van der Waals surface area contributed by atoms with Gasteiger partial charge in [-0.2, -0.15) is 16.9 Å². The Morgan fingerprint density at radius 2 is 1.51 bits per heavy atom. The Kier molecular flexibility index (Phi) is 8.43. The van der Waals surface area contributed by atoms with Gasteiger partial charge >= 0.3 is 5.97 Å². The van der Waals surface area contributed by atoms with Crippen LogP contribution < -0.4 is 4.90 Å². The van der Waals surface area contributed by atoms with Crippen LogP contribution in [0.15, 0.2) is 83.8 Å². The third-order valence-electron chi connectivity index (χ3n) is 6.71. The molecule has 39 heavy (non-hydrogen) atoms. The molecular weight excluding hydrogens is 538 g/mol. The molecule has 4 rings (SSSR count). The highest BCUT2D eigenvalue weighted by Crippen LogP contribution is 2.31. The molecule has 0 spiro atoms. The third kappa shape index (κ3) is 6.16. The van der Waals surface area contributed by atoms with Gasteiger partial charge in [-0.1, -0.05) is 42.5 Å². The fourth-order valence-corrected chi connectivity index (χ4v) is 6.60. The Bertz CT molecular complexity index is 1460. The van der Waals surface area contributed by atoms with Gasteiger partial charge in [-0.25, -0.2) is 13.2 Å². The quantitative estimate of drug-likeness (QED) is 0.404. The highest BCUT2D eigenvalue weighted by Gasteiger charge is 2.44. The molecule has 9 nitrogen and oxygen atoms in total. The lowest BCUT2D eigenvalue weighted by Crippen LogP contribution is -2.49. The molecule has 11 heteroatoms. The summed E-state index contributed by atoms with van der Waals surface area (Å²) in [6, 6.07) is 20.9. The molecular formula is C28H29N3O6S2. The number of rotatable bonds is 8. The summed E-state index contributed by atoms with van der Waals surface area (Å²) < 4.78 is 28.3. The van der Waals surface area contributed by atoms with E-state index in [9.17, 15) is 22.8 Å². The number of hydrogen-bond acceptors (Lipinski definition) is 6. The lowest BCUT2D eigenvalue weighted by atomic mass is 10.1. The van der Waals surface area contributed by atoms with Gasteiger partial charge < -0.3 is 14.9 Å². The van der Waals surface area contributed by atoms with Gasteiger partial charge in [0.1, 0.15) is 6.04 Å². The van der Waals surface area contributed by atoms with Gasteiger partial charge in [0.05, 0.1) is 17.0 Å². The fraction of sp³-hybridized carbons (Fsp3) is 0.250. The number of anilines is 1. The van der Waals surface area contributed by atoms with Crippen molar-refractivity contribution in [2.45, 2.75) is 22.6 Å². The summed E-state index contributed by atoms with van der Waals surface area (Å²) in [6.07, 6.45) is 0.217. The smallest absolute Gasteiger partial charge is 0.335 e. The molecule has 0 bridgehead atoms. The molecule has 2 atom stereocenters. The van der Waals surface area contributed by atoms with Crippen LogP contribution >= 0.6 is 12.6 Å². The first kappa shape index (κ1) is 28.3. The van der Waals surface area contributed by atoms with Crippen LogP contribution in [0.25, 0.3) is 11.1 Å². The van der Waals surface area contributed by atoms with Crippen molar-refractivity contribution in [2.75, 3.05) is 32.1 Å². The first-order valence-electron chi connectivity index (χ1n) is 12.2. The van der Waals surface area contributed by atoms with Crippen LogP contribution in [0.1, 0.15) is 16.8 Å². The van der Waals surface area contributed by atoms with Crippen molar-refractivity contribution >= 4 is 46.1 Å². The van der Waals surface area contributed by atoms with E-state index in [2.05, 4.69) is 12.6 Å². The van der Waals surface area contributed by atoms with E-state index in [1.165, 1.54) is 64.6 Å². The summed E-state index contributed by atoms with van der Waals surface area (Å²) in [6.45, 7) is -0.219. The Morgan fingerprint density at radius 3 is 2.10 bits per heavy atom. The molecule has 0 radical (unpaired) electrons. The maximum Gasteiger partial charge on any atom is 0.335 e. The van der Waals surface area contributed by atoms with Gasteiger partial charge in [0.2, 0.25) is 21.8 Å². The minimum Gasteiger partial charge on any atom is -0.478 e. The summed E-state index contributed by atoms with van der Waals surface area (Å²) in [5.41, 5.74) is 2.38. The predicted molar refractivity (Wildman–Crippen MR) is 151 cm³/mol. The summed E-state index contributed by atoms with van der Waals surface area (Å²) in [7, 11) is -1.03. The van der Waals surface area contributed by atoms with E-state index < -0.39 is 33.8 Å². The number of amides is 2. The zero-order valence-corrected chi connectivity index (χ0v) is 23.2. The monoisotopic (exact) mass is 567 g/mol. The molecule has 1 saturated heterocycles. The fourth-order valence-electron chi connectivity index (χ4n) is 4.47. The van der Waals surface area contributed by atoms with Gasteiger partial charge in [0, 0.05) is 31.6 Å². The van der Waals surface area contributed by atoms with Gasteiger partial charge in [-0.05, 0) is 53.9 Å². The van der Waals surface area contributed by atoms with Crippen molar-refractivity contribution in [2.24, 2.45) is 0 Å². The zero-order chi connectivity index (χ0) is 28.3. The van der Waals surface area contributed by atoms with Crippen molar-refractivity contribution in [3.05, 3.63) is 84.4 Å². The second-order valence-electron chi connectivity index (χ2n) is 9.37. The standard InChI is InChI=1S/C28H29N3O6S2/c1-29(18-26(32)30(2)22-12-8-21(9-13-22)28(34)35)27(33)25-16-23(38)17-31(25)39(36,37)24-14-10-20(11-15-24)19-6-4-3-5-7-19/h3-15,23,25,38H,16-18H2,1-2H3,(H,34,35)/t23-,25+/m1/s1. The number of sulfonamides is 1. The first-order valence-corrected chi connectivity index (χ1v) is 14.1. The summed E-state index contributed by atoms with van der Waals surface area (Å²) in [5, 5.41) is 8.72. The number of carbonyl (C=O) groups excluding carboxylic acids is 2. The van der Waals surface area contributed by atoms with Crippen LogP contribution in [-0.4, -0.2) is 79.0 Å². The average molecular weight is 568 g/mol. The maximum absolute atomic E-state index is 13.6. The highest BCUT2D eigenvalue weighted by molar-refractivity contribution is 7.89. The molecule has 1 fully saturated rings. The Balaban J connectivity index is 1.47. The number of carboxylic acids is 1. The molecule has 2 amide bonds. The first-order chi connectivity index (χ1) is 18.5. The van der Waals surface area contributed by atoms with E-state index in [4.69, 9.17) is 5.11 Å². The number of aromatic carboxylic acids is 1. The maximum atomic E-state index is 13.6. The molecule has 1 N–H and O–H groups in total. The molecule has 1 aliphatic rings. The molecule has 3 aromatic carbocycles. The van der Waals surface area contributed by atoms with Crippen LogP contribution in [0.3, 0.4) is 0 Å². The number of benzene rings is 3. The molecule has 1 heterocycles. The molecule has 0 aliphatic carbocycles. The van der Waals surface area contributed by atoms with Crippen LogP contribution in [0.5, 0.6) is 0 Å². The normalized spacial score (nSPS) is 17.5. The van der Waals surface area contributed by atoms with E-state index >= 15 is 0 Å². The number of thiol groups is 1. The molecule has 0 unspecified atom stereocenters. The van der Waals surface area contributed by atoms with Crippen molar-refractivity contribution in [1.82, 2.24) is 9.21 Å². The van der Waals surface area contributed by atoms with E-state index in [0.29, 0.717) is 5.69 Å². The molecule has 0 saturated carbocycles. The number of carboxylic acid groups (broad SMARTS) is 1. The minimum atomic E-state index is -4.00. The van der Waals surface area contributed by atoms with E-state index in [-0.39, 0.29) is 35.2 Å². The number of nitrogens with zero attached hydrogens (tertiary/aromatic N) is 3. The molecule has 3 aromatic rings. The van der Waals surface area contributed by atoms with Crippen molar-refractivity contribution in [3.8, 4) is 11.1 Å². The Morgan fingerprint density at radius 1 is 0.923 bits per heavy atom. The van der Waals surface area contributed by atoms with Gasteiger partial charge in [-0.3, -0.25) is 9.59 Å². The lowest BCUT2D eigenvalue weighted by Gasteiger charge is -2.28. The van der Waals surface area contributed by atoms with Crippen molar-refractivity contribution < 1.29 is 27.9 Å². The number of hydrogen-bond donors (Lipinski definition) is 2. The molecule has 0 aromatic heterocycles. The predicted octanol–water partition coefficient (Wildman–Crippen LogP) is 3.23. The number of likely N-dealkylation sites (N-methyl/N-ethyl adjacent to an activating group) is 2. The minimum absolute atomic E-state index is 0.0693. The Labute approximate surface area is 233 Å². The summed E-state index contributed by atoms with van der Waals surface area (Å²) >= 11 is 4.46.